The molecule has 0 heterocycles. The molecule has 0 amide bonds. The molecule has 0 saturated heterocycles. The van der Waals surface area contributed by atoms with E-state index in [0.29, 0.717) is 6.61 Å². The van der Waals surface area contributed by atoms with Gasteiger partial charge in [0.25, 0.3) is 0 Å². The molecule has 2 aromatic carbocycles. The summed E-state index contributed by atoms with van der Waals surface area (Å²) < 4.78 is 12.5. The molecule has 1 N–H and O–H groups in total. The molecule has 0 atom stereocenters. The molecule has 23 heavy (non-hydrogen) atoms. The zero-order chi connectivity index (χ0) is 16.7. The van der Waals surface area contributed by atoms with Gasteiger partial charge in [-0.05, 0) is 48.7 Å². The number of hydrogen-bond donors (Lipinski definition) is 1. The van der Waals surface area contributed by atoms with E-state index in [1.807, 2.05) is 24.3 Å². The zero-order valence-electron chi connectivity index (χ0n) is 14.0. The average molecular weight is 378 g/mol. The number of aryl methyl sites for hydroxylation is 1. The van der Waals surface area contributed by atoms with Crippen LogP contribution in [0.5, 0.6) is 11.5 Å². The van der Waals surface area contributed by atoms with Crippen LogP contribution in [0.1, 0.15) is 30.0 Å². The third-order valence-electron chi connectivity index (χ3n) is 3.72. The van der Waals surface area contributed by atoms with E-state index in [9.17, 15) is 0 Å². The number of ether oxygens (including phenoxy) is 2. The number of rotatable bonds is 8. The smallest absolute Gasteiger partial charge is 0.162 e. The number of benzene rings is 2. The Morgan fingerprint density at radius 3 is 2.57 bits per heavy atom. The van der Waals surface area contributed by atoms with Crippen LogP contribution in [0.4, 0.5) is 0 Å². The van der Waals surface area contributed by atoms with Crippen molar-refractivity contribution in [1.82, 2.24) is 5.32 Å². The van der Waals surface area contributed by atoms with E-state index < -0.39 is 0 Å². The lowest BCUT2D eigenvalue weighted by molar-refractivity contribution is 0.283. The second-order valence-electron chi connectivity index (χ2n) is 5.49. The summed E-state index contributed by atoms with van der Waals surface area (Å²) in [6.07, 6.45) is 1.12. The Kier molecular flexibility index (Phi) is 6.93. The minimum atomic E-state index is 0.531. The number of halogens is 1. The van der Waals surface area contributed by atoms with Crippen molar-refractivity contribution in [2.24, 2.45) is 0 Å². The SMILES string of the molecule is CCCNCc1cc(OC)c(OCc2ccccc2C)cc1Br. The van der Waals surface area contributed by atoms with Gasteiger partial charge in [0.15, 0.2) is 11.5 Å². The first kappa shape index (κ1) is 17.8. The first-order valence-electron chi connectivity index (χ1n) is 7.90. The maximum absolute atomic E-state index is 5.98. The van der Waals surface area contributed by atoms with Crippen LogP contribution in [0, 0.1) is 6.92 Å². The van der Waals surface area contributed by atoms with E-state index in [4.69, 9.17) is 9.47 Å². The quantitative estimate of drug-likeness (QED) is 0.667. The molecule has 0 bridgehead atoms. The Hall–Kier alpha value is -1.52. The highest BCUT2D eigenvalue weighted by Crippen LogP contribution is 2.34. The Bertz CT molecular complexity index is 643. The molecule has 4 heteroatoms. The van der Waals surface area contributed by atoms with Crippen LogP contribution in [0.3, 0.4) is 0 Å². The zero-order valence-corrected chi connectivity index (χ0v) is 15.6. The van der Waals surface area contributed by atoms with Crippen LogP contribution in [-0.4, -0.2) is 13.7 Å². The molecular formula is C19H24BrNO2. The summed E-state index contributed by atoms with van der Waals surface area (Å²) >= 11 is 3.63. The number of hydrogen-bond acceptors (Lipinski definition) is 3. The van der Waals surface area contributed by atoms with Crippen molar-refractivity contribution in [1.29, 1.82) is 0 Å². The van der Waals surface area contributed by atoms with E-state index in [2.05, 4.69) is 47.2 Å². The van der Waals surface area contributed by atoms with Crippen molar-refractivity contribution in [2.45, 2.75) is 33.4 Å². The highest BCUT2D eigenvalue weighted by Gasteiger charge is 2.11. The second kappa shape index (κ2) is 8.94. The monoisotopic (exact) mass is 377 g/mol. The Morgan fingerprint density at radius 1 is 1.09 bits per heavy atom. The fraction of sp³-hybridized carbons (Fsp3) is 0.368. The molecule has 0 unspecified atom stereocenters. The summed E-state index contributed by atoms with van der Waals surface area (Å²) in [5.74, 6) is 1.51. The van der Waals surface area contributed by atoms with Gasteiger partial charge in [0.05, 0.1) is 7.11 Å². The number of nitrogens with one attached hydrogen (secondary N) is 1. The second-order valence-corrected chi connectivity index (χ2v) is 6.34. The fourth-order valence-electron chi connectivity index (χ4n) is 2.31. The third kappa shape index (κ3) is 4.98. The Labute approximate surface area is 147 Å². The van der Waals surface area contributed by atoms with Crippen molar-refractivity contribution in [3.05, 3.63) is 57.6 Å². The molecule has 2 aromatic rings. The molecule has 3 nitrogen and oxygen atoms in total. The fourth-order valence-corrected chi connectivity index (χ4v) is 2.77. The largest absolute Gasteiger partial charge is 0.493 e. The van der Waals surface area contributed by atoms with Gasteiger partial charge in [0.1, 0.15) is 6.61 Å². The number of methoxy groups -OCH3 is 1. The van der Waals surface area contributed by atoms with Gasteiger partial charge in [-0.25, -0.2) is 0 Å². The van der Waals surface area contributed by atoms with Crippen LogP contribution in [0.25, 0.3) is 0 Å². The lowest BCUT2D eigenvalue weighted by Crippen LogP contribution is -2.14. The molecule has 0 saturated carbocycles. The van der Waals surface area contributed by atoms with E-state index in [1.165, 1.54) is 16.7 Å². The van der Waals surface area contributed by atoms with Gasteiger partial charge in [0, 0.05) is 11.0 Å². The first-order chi connectivity index (χ1) is 11.2. The van der Waals surface area contributed by atoms with Gasteiger partial charge in [-0.15, -0.1) is 0 Å². The van der Waals surface area contributed by atoms with Gasteiger partial charge < -0.3 is 14.8 Å². The summed E-state index contributed by atoms with van der Waals surface area (Å²) in [6, 6.07) is 12.3. The molecule has 0 aliphatic rings. The average Bonchev–Trinajstić information content (AvgIpc) is 2.56. The summed E-state index contributed by atoms with van der Waals surface area (Å²) in [4.78, 5) is 0. The van der Waals surface area contributed by atoms with Crippen LogP contribution in [0.15, 0.2) is 40.9 Å². The van der Waals surface area contributed by atoms with E-state index in [1.54, 1.807) is 7.11 Å². The maximum atomic E-state index is 5.98. The molecule has 0 aliphatic carbocycles. The topological polar surface area (TPSA) is 30.5 Å². The first-order valence-corrected chi connectivity index (χ1v) is 8.69. The normalized spacial score (nSPS) is 10.6. The summed E-state index contributed by atoms with van der Waals surface area (Å²) in [5, 5.41) is 3.40. The van der Waals surface area contributed by atoms with Crippen LogP contribution in [0.2, 0.25) is 0 Å². The minimum absolute atomic E-state index is 0.531. The van der Waals surface area contributed by atoms with E-state index >= 15 is 0 Å². The molecule has 2 rings (SSSR count). The van der Waals surface area contributed by atoms with Crippen molar-refractivity contribution in [3.8, 4) is 11.5 Å². The molecule has 124 valence electrons. The maximum Gasteiger partial charge on any atom is 0.162 e. The Balaban J connectivity index is 2.12. The minimum Gasteiger partial charge on any atom is -0.493 e. The standard InChI is InChI=1S/C19H24BrNO2/c1-4-9-21-12-16-10-18(22-3)19(11-17(16)20)23-13-15-8-6-5-7-14(15)2/h5-8,10-11,21H,4,9,12-13H2,1-3H3. The van der Waals surface area contributed by atoms with Crippen molar-refractivity contribution in [3.63, 3.8) is 0 Å². The van der Waals surface area contributed by atoms with Gasteiger partial charge >= 0.3 is 0 Å². The summed E-state index contributed by atoms with van der Waals surface area (Å²) in [6.45, 7) is 6.59. The van der Waals surface area contributed by atoms with Gasteiger partial charge in [-0.2, -0.15) is 0 Å². The van der Waals surface area contributed by atoms with Crippen LogP contribution in [-0.2, 0) is 13.2 Å². The summed E-state index contributed by atoms with van der Waals surface area (Å²) in [5.41, 5.74) is 3.57. The van der Waals surface area contributed by atoms with Crippen molar-refractivity contribution < 1.29 is 9.47 Å². The molecular weight excluding hydrogens is 354 g/mol. The molecule has 0 aromatic heterocycles. The van der Waals surface area contributed by atoms with Gasteiger partial charge in [-0.3, -0.25) is 0 Å². The van der Waals surface area contributed by atoms with E-state index in [-0.39, 0.29) is 0 Å². The van der Waals surface area contributed by atoms with Crippen LogP contribution >= 0.6 is 15.9 Å². The highest BCUT2D eigenvalue weighted by atomic mass is 79.9. The Morgan fingerprint density at radius 2 is 1.87 bits per heavy atom. The van der Waals surface area contributed by atoms with Crippen LogP contribution < -0.4 is 14.8 Å². The predicted molar refractivity (Wildman–Crippen MR) is 98.2 cm³/mol. The summed E-state index contributed by atoms with van der Waals surface area (Å²) in [7, 11) is 1.67. The molecule has 0 fully saturated rings. The van der Waals surface area contributed by atoms with Gasteiger partial charge in [-0.1, -0.05) is 47.1 Å². The van der Waals surface area contributed by atoms with E-state index in [0.717, 1.165) is 35.5 Å². The predicted octanol–water partition coefficient (Wildman–Crippen LogP) is 4.84. The molecule has 0 radical (unpaired) electrons. The van der Waals surface area contributed by atoms with Crippen molar-refractivity contribution in [2.75, 3.05) is 13.7 Å². The van der Waals surface area contributed by atoms with Gasteiger partial charge in [0.2, 0.25) is 0 Å². The third-order valence-corrected chi connectivity index (χ3v) is 4.46. The van der Waals surface area contributed by atoms with Crippen molar-refractivity contribution >= 4 is 15.9 Å². The molecule has 0 spiro atoms. The lowest BCUT2D eigenvalue weighted by Gasteiger charge is -2.15. The highest BCUT2D eigenvalue weighted by molar-refractivity contribution is 9.10. The lowest BCUT2D eigenvalue weighted by atomic mass is 10.1. The molecule has 0 aliphatic heterocycles.